The lowest BCUT2D eigenvalue weighted by molar-refractivity contribution is -0.276. The molecule has 0 bridgehead atoms. The Morgan fingerprint density at radius 3 is 2.08 bits per heavy atom. The summed E-state index contributed by atoms with van der Waals surface area (Å²) in [5.41, 5.74) is 0.512. The van der Waals surface area contributed by atoms with Crippen LogP contribution in [0.15, 0.2) is 48.6 Å². The molecule has 0 aliphatic heterocycles. The number of halogens is 7. The minimum atomic E-state index is -5.27. The van der Waals surface area contributed by atoms with Crippen molar-refractivity contribution in [2.24, 2.45) is 5.92 Å². The monoisotopic (exact) mass is 518 g/mol. The topological polar surface area (TPSA) is 18.5 Å². The van der Waals surface area contributed by atoms with E-state index in [2.05, 4.69) is 21.6 Å². The molecule has 2 aromatic rings. The zero-order valence-corrected chi connectivity index (χ0v) is 19.9. The van der Waals surface area contributed by atoms with Crippen LogP contribution >= 0.6 is 0 Å². The molecule has 1 aliphatic rings. The molecule has 9 heteroatoms. The van der Waals surface area contributed by atoms with Gasteiger partial charge in [-0.25, -0.2) is 8.78 Å². The average molecular weight is 519 g/mol. The maximum Gasteiger partial charge on any atom is 0.573 e. The fourth-order valence-electron chi connectivity index (χ4n) is 4.58. The van der Waals surface area contributed by atoms with Gasteiger partial charge in [0.1, 0.15) is 0 Å². The maximum atomic E-state index is 14.5. The van der Waals surface area contributed by atoms with Gasteiger partial charge in [-0.15, -0.1) is 13.2 Å². The van der Waals surface area contributed by atoms with E-state index in [1.54, 1.807) is 12.1 Å². The summed E-state index contributed by atoms with van der Waals surface area (Å²) in [6, 6.07) is 7.18. The summed E-state index contributed by atoms with van der Waals surface area (Å²) in [5.74, 6) is -3.74. The number of alkyl halides is 5. The molecule has 0 N–H and O–H groups in total. The van der Waals surface area contributed by atoms with Crippen molar-refractivity contribution in [2.75, 3.05) is 6.61 Å². The first-order chi connectivity index (χ1) is 17.0. The Hall–Kier alpha value is -2.55. The predicted octanol–water partition coefficient (Wildman–Crippen LogP) is 8.80. The Morgan fingerprint density at radius 2 is 1.53 bits per heavy atom. The number of ether oxygens (including phenoxy) is 2. The van der Waals surface area contributed by atoms with Gasteiger partial charge in [-0.1, -0.05) is 36.4 Å². The highest BCUT2D eigenvalue weighted by atomic mass is 19.4. The van der Waals surface area contributed by atoms with Crippen LogP contribution in [0.2, 0.25) is 0 Å². The van der Waals surface area contributed by atoms with E-state index >= 15 is 0 Å². The zero-order valence-electron chi connectivity index (χ0n) is 19.9. The summed E-state index contributed by atoms with van der Waals surface area (Å²) in [6.45, 7) is 1.40. The molecule has 36 heavy (non-hydrogen) atoms. The molecule has 198 valence electrons. The number of rotatable bonds is 10. The molecule has 0 unspecified atom stereocenters. The number of allylic oxidation sites excluding steroid dienone is 2. The van der Waals surface area contributed by atoms with E-state index in [9.17, 15) is 30.7 Å². The van der Waals surface area contributed by atoms with Crippen LogP contribution in [0.1, 0.15) is 68.1 Å². The van der Waals surface area contributed by atoms with Crippen LogP contribution < -0.4 is 4.74 Å². The summed E-state index contributed by atoms with van der Waals surface area (Å²) in [4.78, 5) is 0. The second-order valence-electron chi connectivity index (χ2n) is 9.04. The first kappa shape index (κ1) is 28.0. The quantitative estimate of drug-likeness (QED) is 0.231. The lowest BCUT2D eigenvalue weighted by atomic mass is 9.77. The Kier molecular flexibility index (Phi) is 9.44. The molecule has 2 aromatic carbocycles. The third kappa shape index (κ3) is 7.98. The molecule has 1 saturated carbocycles. The van der Waals surface area contributed by atoms with Gasteiger partial charge in [0.05, 0.1) is 12.2 Å². The Morgan fingerprint density at radius 1 is 0.917 bits per heavy atom. The molecule has 0 atom stereocenters. The molecule has 1 fully saturated rings. The predicted molar refractivity (Wildman–Crippen MR) is 122 cm³/mol. The summed E-state index contributed by atoms with van der Waals surface area (Å²) < 4.78 is 101. The van der Waals surface area contributed by atoms with E-state index in [0.717, 1.165) is 37.7 Å². The normalized spacial score (nSPS) is 19.1. The zero-order chi connectivity index (χ0) is 26.3. The fourth-order valence-corrected chi connectivity index (χ4v) is 4.58. The van der Waals surface area contributed by atoms with Gasteiger partial charge in [0.2, 0.25) is 5.75 Å². The van der Waals surface area contributed by atoms with Crippen molar-refractivity contribution in [3.05, 3.63) is 76.9 Å². The number of hydrogen-bond donors (Lipinski definition) is 0. The molecule has 0 heterocycles. The molecule has 0 spiro atoms. The molecule has 0 radical (unpaired) electrons. The van der Waals surface area contributed by atoms with Crippen molar-refractivity contribution in [3.63, 3.8) is 0 Å². The molecule has 2 nitrogen and oxygen atoms in total. The standard InChI is InChI=1S/C27H29F7O2/c1-2-3-4-5-18-6-8-20(9-7-18)21-10-12-22(13-11-21)26(30,31)35-15-14-19-16-23(28)25(24(29)17-19)36-27(32,33)34/h2-3,10-13,16-18,20H,4-9,14-15H2,1H3/b3-2+. The van der Waals surface area contributed by atoms with Crippen LogP contribution in [0.25, 0.3) is 0 Å². The van der Waals surface area contributed by atoms with Crippen molar-refractivity contribution >= 4 is 0 Å². The smallest absolute Gasteiger partial charge is 0.399 e. The summed E-state index contributed by atoms with van der Waals surface area (Å²) in [6.07, 6.45) is 1.51. The van der Waals surface area contributed by atoms with E-state index in [1.165, 1.54) is 18.6 Å². The third-order valence-corrected chi connectivity index (χ3v) is 6.49. The third-order valence-electron chi connectivity index (χ3n) is 6.49. The minimum absolute atomic E-state index is 0.146. The molecular formula is C27H29F7O2. The van der Waals surface area contributed by atoms with Gasteiger partial charge in [-0.2, -0.15) is 8.78 Å². The minimum Gasteiger partial charge on any atom is -0.399 e. The lowest BCUT2D eigenvalue weighted by Crippen LogP contribution is -2.20. The van der Waals surface area contributed by atoms with Crippen molar-refractivity contribution in [1.82, 2.24) is 0 Å². The molecule has 1 aliphatic carbocycles. The fraction of sp³-hybridized carbons (Fsp3) is 0.481. The van der Waals surface area contributed by atoms with Gasteiger partial charge in [0.15, 0.2) is 11.6 Å². The average Bonchev–Trinajstić information content (AvgIpc) is 2.81. The van der Waals surface area contributed by atoms with Crippen LogP contribution in [0.3, 0.4) is 0 Å². The van der Waals surface area contributed by atoms with Crippen LogP contribution in [0.5, 0.6) is 5.75 Å². The maximum absolute atomic E-state index is 14.5. The molecule has 0 aromatic heterocycles. The highest BCUT2D eigenvalue weighted by molar-refractivity contribution is 5.32. The van der Waals surface area contributed by atoms with Crippen molar-refractivity contribution < 1.29 is 40.2 Å². The largest absolute Gasteiger partial charge is 0.573 e. The highest BCUT2D eigenvalue weighted by Crippen LogP contribution is 2.39. The molecule has 0 saturated heterocycles. The molecule has 3 rings (SSSR count). The lowest BCUT2D eigenvalue weighted by Gasteiger charge is -2.29. The van der Waals surface area contributed by atoms with Crippen LogP contribution in [0.4, 0.5) is 30.7 Å². The van der Waals surface area contributed by atoms with E-state index in [4.69, 9.17) is 0 Å². The Balaban J connectivity index is 1.52. The first-order valence-corrected chi connectivity index (χ1v) is 12.0. The van der Waals surface area contributed by atoms with Gasteiger partial charge in [0.25, 0.3) is 0 Å². The van der Waals surface area contributed by atoms with Gasteiger partial charge in [0, 0.05) is 0 Å². The van der Waals surface area contributed by atoms with Crippen LogP contribution in [-0.4, -0.2) is 13.0 Å². The second-order valence-corrected chi connectivity index (χ2v) is 9.04. The molecule has 0 amide bonds. The summed E-state index contributed by atoms with van der Waals surface area (Å²) in [7, 11) is 0. The number of benzene rings is 2. The van der Waals surface area contributed by atoms with Crippen LogP contribution in [0, 0.1) is 17.6 Å². The van der Waals surface area contributed by atoms with E-state index in [-0.39, 0.29) is 17.5 Å². The summed E-state index contributed by atoms with van der Waals surface area (Å²) in [5, 5.41) is 0. The van der Waals surface area contributed by atoms with Gasteiger partial charge >= 0.3 is 12.5 Å². The van der Waals surface area contributed by atoms with E-state index in [1.807, 2.05) is 6.92 Å². The SMILES string of the molecule is C/C=C/CCC1CCC(c2ccc(C(F)(F)OCCc3cc(F)c(OC(F)(F)F)c(F)c3)cc2)CC1. The van der Waals surface area contributed by atoms with Gasteiger partial charge < -0.3 is 9.47 Å². The van der Waals surface area contributed by atoms with Crippen LogP contribution in [-0.2, 0) is 17.3 Å². The van der Waals surface area contributed by atoms with Crippen molar-refractivity contribution in [2.45, 2.75) is 70.3 Å². The van der Waals surface area contributed by atoms with Crippen molar-refractivity contribution in [1.29, 1.82) is 0 Å². The first-order valence-electron chi connectivity index (χ1n) is 12.0. The summed E-state index contributed by atoms with van der Waals surface area (Å²) >= 11 is 0. The molecular weight excluding hydrogens is 489 g/mol. The van der Waals surface area contributed by atoms with Crippen molar-refractivity contribution in [3.8, 4) is 5.75 Å². The Labute approximate surface area is 206 Å². The van der Waals surface area contributed by atoms with E-state index < -0.39 is 36.5 Å². The second kappa shape index (κ2) is 12.1. The van der Waals surface area contributed by atoms with Gasteiger partial charge in [-0.3, -0.25) is 0 Å². The number of hydrogen-bond acceptors (Lipinski definition) is 2. The highest BCUT2D eigenvalue weighted by Gasteiger charge is 2.35. The Bertz CT molecular complexity index is 985. The van der Waals surface area contributed by atoms with E-state index in [0.29, 0.717) is 24.0 Å². The van der Waals surface area contributed by atoms with Gasteiger partial charge in [-0.05, 0) is 87.0 Å².